The highest BCUT2D eigenvalue weighted by molar-refractivity contribution is 7.98. The summed E-state index contributed by atoms with van der Waals surface area (Å²) in [6.07, 6.45) is 2.13. The SMILES string of the molecule is CCC(C)C(N)C(=O)NC(CC(N)=O)C(=O)NC(CS)C(=O)NC(CCSC)C(=O)O. The van der Waals surface area contributed by atoms with E-state index < -0.39 is 60.2 Å². The summed E-state index contributed by atoms with van der Waals surface area (Å²) >= 11 is 5.46. The molecule has 0 aromatic rings. The van der Waals surface area contributed by atoms with Gasteiger partial charge < -0.3 is 32.5 Å². The van der Waals surface area contributed by atoms with Crippen molar-refractivity contribution in [3.8, 4) is 0 Å². The topological polar surface area (TPSA) is 194 Å². The van der Waals surface area contributed by atoms with Crippen LogP contribution >= 0.6 is 24.4 Å². The van der Waals surface area contributed by atoms with Crippen LogP contribution in [0.2, 0.25) is 0 Å². The predicted octanol–water partition coefficient (Wildman–Crippen LogP) is -1.54. The Morgan fingerprint density at radius 1 is 1.00 bits per heavy atom. The van der Waals surface area contributed by atoms with Gasteiger partial charge >= 0.3 is 5.97 Å². The molecule has 8 N–H and O–H groups in total. The summed E-state index contributed by atoms with van der Waals surface area (Å²) in [7, 11) is 0. The summed E-state index contributed by atoms with van der Waals surface area (Å²) < 4.78 is 0. The quantitative estimate of drug-likeness (QED) is 0.137. The van der Waals surface area contributed by atoms with Gasteiger partial charge in [0.1, 0.15) is 18.1 Å². The van der Waals surface area contributed by atoms with Crippen LogP contribution in [0, 0.1) is 5.92 Å². The van der Waals surface area contributed by atoms with Gasteiger partial charge in [-0.15, -0.1) is 0 Å². The Labute approximate surface area is 191 Å². The molecule has 0 radical (unpaired) electrons. The second-order valence-corrected chi connectivity index (χ2v) is 8.42. The Morgan fingerprint density at radius 3 is 1.97 bits per heavy atom. The minimum atomic E-state index is -1.35. The van der Waals surface area contributed by atoms with Crippen molar-refractivity contribution in [2.45, 2.75) is 57.3 Å². The average molecular weight is 480 g/mol. The van der Waals surface area contributed by atoms with Crippen LogP contribution < -0.4 is 27.4 Å². The molecular formula is C18H33N5O6S2. The van der Waals surface area contributed by atoms with Gasteiger partial charge in [0.15, 0.2) is 0 Å². The number of thioether (sulfide) groups is 1. The van der Waals surface area contributed by atoms with Crippen LogP contribution in [0.3, 0.4) is 0 Å². The number of rotatable bonds is 15. The van der Waals surface area contributed by atoms with Crippen molar-refractivity contribution in [2.24, 2.45) is 17.4 Å². The minimum absolute atomic E-state index is 0.143. The summed E-state index contributed by atoms with van der Waals surface area (Å²) in [6.45, 7) is 3.62. The van der Waals surface area contributed by atoms with Crippen molar-refractivity contribution >= 4 is 54.0 Å². The molecule has 4 amide bonds. The number of nitrogens with one attached hydrogen (secondary N) is 3. The number of carbonyl (C=O) groups is 5. The lowest BCUT2D eigenvalue weighted by Crippen LogP contribution is -2.58. The monoisotopic (exact) mass is 479 g/mol. The zero-order valence-corrected chi connectivity index (χ0v) is 19.6. The third kappa shape index (κ3) is 10.7. The number of primary amides is 1. The van der Waals surface area contributed by atoms with E-state index in [9.17, 15) is 29.1 Å². The van der Waals surface area contributed by atoms with E-state index in [1.165, 1.54) is 11.8 Å². The lowest BCUT2D eigenvalue weighted by molar-refractivity contribution is -0.142. The van der Waals surface area contributed by atoms with E-state index in [4.69, 9.17) is 11.5 Å². The molecule has 31 heavy (non-hydrogen) atoms. The van der Waals surface area contributed by atoms with Crippen LogP contribution in [-0.4, -0.2) is 76.6 Å². The molecule has 0 spiro atoms. The van der Waals surface area contributed by atoms with Crippen molar-refractivity contribution in [1.82, 2.24) is 16.0 Å². The van der Waals surface area contributed by atoms with E-state index in [0.29, 0.717) is 12.2 Å². The van der Waals surface area contributed by atoms with Crippen LogP contribution in [-0.2, 0) is 24.0 Å². The summed E-state index contributed by atoms with van der Waals surface area (Å²) in [5, 5.41) is 16.4. The van der Waals surface area contributed by atoms with E-state index in [1.54, 1.807) is 13.2 Å². The number of carbonyl (C=O) groups excluding carboxylic acids is 4. The highest BCUT2D eigenvalue weighted by atomic mass is 32.2. The largest absolute Gasteiger partial charge is 0.480 e. The zero-order valence-electron chi connectivity index (χ0n) is 17.9. The number of nitrogens with two attached hydrogens (primary N) is 2. The fourth-order valence-corrected chi connectivity index (χ4v) is 3.15. The van der Waals surface area contributed by atoms with Gasteiger partial charge in [0.05, 0.1) is 12.5 Å². The molecule has 0 aliphatic rings. The average Bonchev–Trinajstić information content (AvgIpc) is 2.72. The molecule has 0 aliphatic heterocycles. The van der Waals surface area contributed by atoms with Gasteiger partial charge in [0.2, 0.25) is 23.6 Å². The Balaban J connectivity index is 5.25. The van der Waals surface area contributed by atoms with Gasteiger partial charge in [0, 0.05) is 5.75 Å². The Morgan fingerprint density at radius 2 is 1.52 bits per heavy atom. The maximum Gasteiger partial charge on any atom is 0.326 e. The molecular weight excluding hydrogens is 446 g/mol. The smallest absolute Gasteiger partial charge is 0.326 e. The molecule has 0 heterocycles. The molecule has 11 nitrogen and oxygen atoms in total. The lowest BCUT2D eigenvalue weighted by atomic mass is 9.99. The van der Waals surface area contributed by atoms with Crippen molar-refractivity contribution in [3.63, 3.8) is 0 Å². The second-order valence-electron chi connectivity index (χ2n) is 7.07. The Hall–Kier alpha value is -1.99. The maximum atomic E-state index is 12.6. The first kappa shape index (κ1) is 29.0. The number of carboxylic acids is 1. The molecule has 0 aromatic carbocycles. The van der Waals surface area contributed by atoms with Crippen LogP contribution in [0.25, 0.3) is 0 Å². The van der Waals surface area contributed by atoms with Crippen LogP contribution in [0.5, 0.6) is 0 Å². The summed E-state index contributed by atoms with van der Waals surface area (Å²) in [6, 6.07) is -4.57. The molecule has 0 aliphatic carbocycles. The van der Waals surface area contributed by atoms with Crippen molar-refractivity contribution in [2.75, 3.05) is 17.8 Å². The molecule has 13 heteroatoms. The molecule has 0 aromatic heterocycles. The Bertz CT molecular complexity index is 651. The van der Waals surface area contributed by atoms with Gasteiger partial charge in [-0.2, -0.15) is 24.4 Å². The third-order valence-corrected chi connectivity index (χ3v) is 5.65. The number of amides is 4. The Kier molecular flexibility index (Phi) is 14.0. The molecule has 0 saturated heterocycles. The van der Waals surface area contributed by atoms with Crippen LogP contribution in [0.4, 0.5) is 0 Å². The van der Waals surface area contributed by atoms with E-state index in [1.807, 2.05) is 6.92 Å². The molecule has 0 fully saturated rings. The zero-order chi connectivity index (χ0) is 24.1. The molecule has 0 rings (SSSR count). The first-order valence-corrected chi connectivity index (χ1v) is 11.8. The van der Waals surface area contributed by atoms with Crippen LogP contribution in [0.1, 0.15) is 33.1 Å². The molecule has 5 atom stereocenters. The van der Waals surface area contributed by atoms with E-state index in [-0.39, 0.29) is 18.1 Å². The van der Waals surface area contributed by atoms with E-state index in [0.717, 1.165) is 0 Å². The van der Waals surface area contributed by atoms with E-state index in [2.05, 4.69) is 28.6 Å². The first-order valence-electron chi connectivity index (χ1n) is 9.75. The van der Waals surface area contributed by atoms with Gasteiger partial charge in [0.25, 0.3) is 0 Å². The standard InChI is InChI=1S/C18H33N5O6S2/c1-4-9(2)14(20)17(27)22-11(7-13(19)24)15(25)23-12(8-30)16(26)21-10(18(28)29)5-6-31-3/h9-12,14,30H,4-8,20H2,1-3H3,(H2,19,24)(H,21,26)(H,22,27)(H,23,25)(H,28,29). The molecule has 0 saturated carbocycles. The van der Waals surface area contributed by atoms with Gasteiger partial charge in [-0.1, -0.05) is 20.3 Å². The van der Waals surface area contributed by atoms with Gasteiger partial charge in [-0.05, 0) is 24.3 Å². The summed E-state index contributed by atoms with van der Waals surface area (Å²) in [5.41, 5.74) is 11.0. The number of thiol groups is 1. The first-order chi connectivity index (χ1) is 14.5. The fourth-order valence-electron chi connectivity index (χ4n) is 2.42. The normalized spacial score (nSPS) is 15.6. The van der Waals surface area contributed by atoms with Crippen molar-refractivity contribution in [3.05, 3.63) is 0 Å². The highest BCUT2D eigenvalue weighted by Crippen LogP contribution is 2.07. The minimum Gasteiger partial charge on any atom is -0.480 e. The number of carboxylic acid groups (broad SMARTS) is 1. The molecule has 5 unspecified atom stereocenters. The number of aliphatic carboxylic acids is 1. The molecule has 0 bridgehead atoms. The predicted molar refractivity (Wildman–Crippen MR) is 122 cm³/mol. The maximum absolute atomic E-state index is 12.6. The van der Waals surface area contributed by atoms with Crippen LogP contribution in [0.15, 0.2) is 0 Å². The van der Waals surface area contributed by atoms with Gasteiger partial charge in [-0.3, -0.25) is 19.2 Å². The fraction of sp³-hybridized carbons (Fsp3) is 0.722. The number of hydrogen-bond donors (Lipinski definition) is 7. The lowest BCUT2D eigenvalue weighted by Gasteiger charge is -2.25. The van der Waals surface area contributed by atoms with E-state index >= 15 is 0 Å². The third-order valence-electron chi connectivity index (χ3n) is 4.64. The van der Waals surface area contributed by atoms with Crippen molar-refractivity contribution in [1.29, 1.82) is 0 Å². The van der Waals surface area contributed by atoms with Gasteiger partial charge in [-0.25, -0.2) is 4.79 Å². The second kappa shape index (κ2) is 14.9. The summed E-state index contributed by atoms with van der Waals surface area (Å²) in [4.78, 5) is 60.1. The molecule has 178 valence electrons. The summed E-state index contributed by atoms with van der Waals surface area (Å²) in [5.74, 6) is -4.06. The highest BCUT2D eigenvalue weighted by Gasteiger charge is 2.31. The van der Waals surface area contributed by atoms with Crippen molar-refractivity contribution < 1.29 is 29.1 Å². The number of hydrogen-bond acceptors (Lipinski definition) is 8.